The maximum Gasteiger partial charge on any atom is 0.323 e. The van der Waals surface area contributed by atoms with Crippen LogP contribution >= 0.6 is 0 Å². The van der Waals surface area contributed by atoms with Gasteiger partial charge in [-0.1, -0.05) is 0 Å². The van der Waals surface area contributed by atoms with Crippen LogP contribution < -0.4 is 0 Å². The molecule has 0 bridgehead atoms. The summed E-state index contributed by atoms with van der Waals surface area (Å²) in [5.41, 5.74) is 0. The highest BCUT2D eigenvalue weighted by Gasteiger charge is 2.37. The zero-order valence-corrected chi connectivity index (χ0v) is 12.3. The van der Waals surface area contributed by atoms with E-state index in [1.54, 1.807) is 7.05 Å². The molecule has 114 valence electrons. The van der Waals surface area contributed by atoms with E-state index in [9.17, 15) is 18.0 Å². The van der Waals surface area contributed by atoms with Gasteiger partial charge in [0.05, 0.1) is 11.5 Å². The van der Waals surface area contributed by atoms with Crippen molar-refractivity contribution in [3.8, 4) is 0 Å². The van der Waals surface area contributed by atoms with E-state index in [0.717, 1.165) is 12.8 Å². The number of sulfone groups is 1. The number of amides is 2. The molecule has 1 N–H and O–H groups in total. The van der Waals surface area contributed by atoms with Crippen LogP contribution in [0, 0.1) is 5.92 Å². The lowest BCUT2D eigenvalue weighted by atomic mass is 10.2. The normalized spacial score (nSPS) is 24.4. The first-order valence-corrected chi connectivity index (χ1v) is 8.54. The van der Waals surface area contributed by atoms with Crippen molar-refractivity contribution in [1.82, 2.24) is 9.80 Å². The van der Waals surface area contributed by atoms with Gasteiger partial charge in [-0.3, -0.25) is 4.79 Å². The van der Waals surface area contributed by atoms with Gasteiger partial charge in [0.1, 0.15) is 6.54 Å². The second-order valence-electron chi connectivity index (χ2n) is 5.68. The third kappa shape index (κ3) is 3.84. The minimum atomic E-state index is -3.15. The van der Waals surface area contributed by atoms with Gasteiger partial charge in [0.15, 0.2) is 9.84 Å². The number of hydrogen-bond acceptors (Lipinski definition) is 4. The fraction of sp³-hybridized carbons (Fsp3) is 0.833. The Hall–Kier alpha value is -1.31. The van der Waals surface area contributed by atoms with E-state index in [1.165, 1.54) is 9.80 Å². The smallest absolute Gasteiger partial charge is 0.323 e. The molecule has 0 spiro atoms. The molecule has 0 radical (unpaired) electrons. The standard InChI is InChI=1S/C12H20N2O5S/c1-13(6-9-2-3-9)12(17)14(7-11(15)16)10-4-5-20(18,19)8-10/h9-10H,2-8H2,1H3,(H,15,16). The van der Waals surface area contributed by atoms with Gasteiger partial charge in [0.25, 0.3) is 0 Å². The van der Waals surface area contributed by atoms with E-state index in [4.69, 9.17) is 5.11 Å². The molecular formula is C12H20N2O5S. The van der Waals surface area contributed by atoms with Crippen LogP contribution in [-0.4, -0.2) is 73.0 Å². The number of rotatable bonds is 5. The molecular weight excluding hydrogens is 284 g/mol. The van der Waals surface area contributed by atoms with Gasteiger partial charge in [0.2, 0.25) is 0 Å². The topological polar surface area (TPSA) is 95.0 Å². The van der Waals surface area contributed by atoms with Gasteiger partial charge in [-0.25, -0.2) is 13.2 Å². The summed E-state index contributed by atoms with van der Waals surface area (Å²) in [4.78, 5) is 26.0. The molecule has 1 atom stereocenters. The molecule has 0 aromatic heterocycles. The molecule has 2 aliphatic rings. The molecule has 2 fully saturated rings. The summed E-state index contributed by atoms with van der Waals surface area (Å²) in [6, 6.07) is -0.911. The summed E-state index contributed by atoms with van der Waals surface area (Å²) in [5, 5.41) is 8.94. The predicted octanol–water partition coefficient (Wildman–Crippen LogP) is 0.0219. The Balaban J connectivity index is 2.05. The Kier molecular flexibility index (Phi) is 4.22. The van der Waals surface area contributed by atoms with Crippen molar-refractivity contribution in [2.75, 3.05) is 31.6 Å². The number of urea groups is 1. The van der Waals surface area contributed by atoms with Gasteiger partial charge in [0, 0.05) is 19.6 Å². The maximum atomic E-state index is 12.3. The molecule has 0 aromatic carbocycles. The lowest BCUT2D eigenvalue weighted by Gasteiger charge is -2.31. The highest BCUT2D eigenvalue weighted by Crippen LogP contribution is 2.30. The van der Waals surface area contributed by atoms with Gasteiger partial charge in [-0.05, 0) is 25.2 Å². The molecule has 8 heteroatoms. The molecule has 1 aliphatic carbocycles. The average molecular weight is 304 g/mol. The highest BCUT2D eigenvalue weighted by molar-refractivity contribution is 7.91. The molecule has 1 unspecified atom stereocenters. The monoisotopic (exact) mass is 304 g/mol. The van der Waals surface area contributed by atoms with Crippen molar-refractivity contribution < 1.29 is 23.1 Å². The molecule has 1 heterocycles. The Labute approximate surface area is 118 Å². The summed E-state index contributed by atoms with van der Waals surface area (Å²) in [5.74, 6) is -0.734. The van der Waals surface area contributed by atoms with Crippen molar-refractivity contribution in [2.45, 2.75) is 25.3 Å². The minimum Gasteiger partial charge on any atom is -0.480 e. The number of nitrogens with zero attached hydrogens (tertiary/aromatic N) is 2. The lowest BCUT2D eigenvalue weighted by Crippen LogP contribution is -2.50. The summed E-state index contributed by atoms with van der Waals surface area (Å²) >= 11 is 0. The first-order chi connectivity index (χ1) is 9.28. The molecule has 0 aromatic rings. The molecule has 1 saturated heterocycles. The van der Waals surface area contributed by atoms with Crippen LogP contribution in [0.25, 0.3) is 0 Å². The number of carbonyl (C=O) groups excluding carboxylic acids is 1. The number of aliphatic carboxylic acids is 1. The Morgan fingerprint density at radius 1 is 1.25 bits per heavy atom. The van der Waals surface area contributed by atoms with E-state index < -0.39 is 28.4 Å². The number of carboxylic acids is 1. The lowest BCUT2D eigenvalue weighted by molar-refractivity contribution is -0.138. The average Bonchev–Trinajstić information content (AvgIpc) is 3.07. The first-order valence-electron chi connectivity index (χ1n) is 6.72. The minimum absolute atomic E-state index is 0.0212. The third-order valence-electron chi connectivity index (χ3n) is 3.76. The van der Waals surface area contributed by atoms with E-state index >= 15 is 0 Å². The van der Waals surface area contributed by atoms with E-state index in [-0.39, 0.29) is 17.5 Å². The van der Waals surface area contributed by atoms with Crippen LogP contribution in [0.2, 0.25) is 0 Å². The first kappa shape index (κ1) is 15.1. The van der Waals surface area contributed by atoms with Crippen molar-refractivity contribution >= 4 is 21.8 Å². The fourth-order valence-electron chi connectivity index (χ4n) is 2.50. The molecule has 1 aliphatic heterocycles. The van der Waals surface area contributed by atoms with E-state index in [2.05, 4.69) is 0 Å². The van der Waals surface area contributed by atoms with Gasteiger partial charge >= 0.3 is 12.0 Å². The van der Waals surface area contributed by atoms with Gasteiger partial charge in [-0.2, -0.15) is 0 Å². The van der Waals surface area contributed by atoms with Crippen molar-refractivity contribution in [1.29, 1.82) is 0 Å². The Morgan fingerprint density at radius 3 is 2.35 bits per heavy atom. The number of hydrogen-bond donors (Lipinski definition) is 1. The van der Waals surface area contributed by atoms with Crippen LogP contribution in [0.3, 0.4) is 0 Å². The van der Waals surface area contributed by atoms with Crippen LogP contribution in [0.1, 0.15) is 19.3 Å². The van der Waals surface area contributed by atoms with Crippen molar-refractivity contribution in [3.05, 3.63) is 0 Å². The zero-order chi connectivity index (χ0) is 14.9. The fourth-order valence-corrected chi connectivity index (χ4v) is 4.24. The van der Waals surface area contributed by atoms with Crippen LogP contribution in [0.5, 0.6) is 0 Å². The SMILES string of the molecule is CN(CC1CC1)C(=O)N(CC(=O)O)C1CCS(=O)(=O)C1. The highest BCUT2D eigenvalue weighted by atomic mass is 32.2. The summed E-state index contributed by atoms with van der Waals surface area (Å²) in [6.07, 6.45) is 2.50. The molecule has 2 rings (SSSR count). The summed E-state index contributed by atoms with van der Waals surface area (Å²) < 4.78 is 23.0. The molecule has 2 amide bonds. The van der Waals surface area contributed by atoms with Gasteiger partial charge < -0.3 is 14.9 Å². The Bertz CT molecular complexity index is 500. The zero-order valence-electron chi connectivity index (χ0n) is 11.5. The maximum absolute atomic E-state index is 12.3. The van der Waals surface area contributed by atoms with E-state index in [1.807, 2.05) is 0 Å². The second kappa shape index (κ2) is 5.59. The molecule has 20 heavy (non-hydrogen) atoms. The Morgan fingerprint density at radius 2 is 1.90 bits per heavy atom. The second-order valence-corrected chi connectivity index (χ2v) is 7.91. The predicted molar refractivity (Wildman–Crippen MR) is 72.2 cm³/mol. The quantitative estimate of drug-likeness (QED) is 0.772. The van der Waals surface area contributed by atoms with Crippen molar-refractivity contribution in [3.63, 3.8) is 0 Å². The summed E-state index contributed by atoms with van der Waals surface area (Å²) in [6.45, 7) is 0.155. The summed E-state index contributed by atoms with van der Waals surface area (Å²) in [7, 11) is -1.51. The van der Waals surface area contributed by atoms with Crippen LogP contribution in [-0.2, 0) is 14.6 Å². The van der Waals surface area contributed by atoms with Crippen molar-refractivity contribution in [2.24, 2.45) is 5.92 Å². The molecule has 7 nitrogen and oxygen atoms in total. The third-order valence-corrected chi connectivity index (χ3v) is 5.51. The van der Waals surface area contributed by atoms with Crippen LogP contribution in [0.4, 0.5) is 4.79 Å². The largest absolute Gasteiger partial charge is 0.480 e. The number of carboxylic acid groups (broad SMARTS) is 1. The van der Waals surface area contributed by atoms with E-state index in [0.29, 0.717) is 18.9 Å². The number of carbonyl (C=O) groups is 2. The van der Waals surface area contributed by atoms with Gasteiger partial charge in [-0.15, -0.1) is 0 Å². The molecule has 1 saturated carbocycles. The van der Waals surface area contributed by atoms with Crippen LogP contribution in [0.15, 0.2) is 0 Å².